The minimum absolute atomic E-state index is 0.00491. The van der Waals surface area contributed by atoms with Gasteiger partial charge in [0, 0.05) is 35.6 Å². The summed E-state index contributed by atoms with van der Waals surface area (Å²) in [5, 5.41) is 1.21. The predicted molar refractivity (Wildman–Crippen MR) is 91.3 cm³/mol. The first kappa shape index (κ1) is 12.7. The highest BCUT2D eigenvalue weighted by atomic mass is 16.2. The molecule has 1 unspecified atom stereocenters. The van der Waals surface area contributed by atoms with E-state index in [9.17, 15) is 4.79 Å². The maximum atomic E-state index is 12.8. The molecule has 3 aromatic rings. The summed E-state index contributed by atoms with van der Waals surface area (Å²) in [4.78, 5) is 14.8. The molecule has 0 saturated carbocycles. The number of rotatable bonds is 0. The fourth-order valence-corrected chi connectivity index (χ4v) is 4.25. The summed E-state index contributed by atoms with van der Waals surface area (Å²) in [5.74, 6) is 0.116. The lowest BCUT2D eigenvalue weighted by atomic mass is 9.90. The molecule has 0 saturated heterocycles. The van der Waals surface area contributed by atoms with E-state index < -0.39 is 0 Å². The zero-order valence-corrected chi connectivity index (χ0v) is 12.9. The van der Waals surface area contributed by atoms with Crippen molar-refractivity contribution in [3.8, 4) is 0 Å². The number of amides is 1. The van der Waals surface area contributed by atoms with Gasteiger partial charge in [-0.15, -0.1) is 0 Å². The van der Waals surface area contributed by atoms with Crippen molar-refractivity contribution < 1.29 is 4.79 Å². The van der Waals surface area contributed by atoms with Gasteiger partial charge in [0.15, 0.2) is 0 Å². The van der Waals surface area contributed by atoms with Gasteiger partial charge >= 0.3 is 0 Å². The van der Waals surface area contributed by atoms with Gasteiger partial charge in [0.1, 0.15) is 0 Å². The van der Waals surface area contributed by atoms with Crippen LogP contribution in [0.5, 0.6) is 0 Å². The summed E-state index contributed by atoms with van der Waals surface area (Å²) >= 11 is 0. The van der Waals surface area contributed by atoms with Crippen molar-refractivity contribution in [2.45, 2.75) is 6.04 Å². The maximum absolute atomic E-state index is 12.8. The van der Waals surface area contributed by atoms with Crippen molar-refractivity contribution >= 4 is 22.4 Å². The Labute approximate surface area is 134 Å². The Balaban J connectivity index is 1.91. The monoisotopic (exact) mass is 300 g/mol. The molecule has 3 heteroatoms. The molecule has 0 aliphatic carbocycles. The molecular formula is C20H16N2O. The lowest BCUT2D eigenvalue weighted by Gasteiger charge is -2.32. The van der Waals surface area contributed by atoms with Crippen LogP contribution in [0.4, 0.5) is 0 Å². The highest BCUT2D eigenvalue weighted by molar-refractivity contribution is 6.04. The number of hydrogen-bond acceptors (Lipinski definition) is 1. The smallest absolute Gasteiger partial charge is 0.255 e. The third-order valence-electron chi connectivity index (χ3n) is 5.17. The predicted octanol–water partition coefficient (Wildman–Crippen LogP) is 3.75. The molecule has 0 N–H and O–H groups in total. The molecule has 0 bridgehead atoms. The molecule has 1 amide bonds. The number of aromatic nitrogens is 1. The van der Waals surface area contributed by atoms with Gasteiger partial charge in [0.25, 0.3) is 5.91 Å². The van der Waals surface area contributed by atoms with E-state index in [0.717, 1.165) is 16.7 Å². The largest absolute Gasteiger partial charge is 0.344 e. The van der Waals surface area contributed by atoms with Crippen molar-refractivity contribution in [3.05, 3.63) is 77.5 Å². The van der Waals surface area contributed by atoms with Gasteiger partial charge in [0.05, 0.1) is 11.7 Å². The minimum atomic E-state index is 0.00491. The first-order chi connectivity index (χ1) is 11.2. The lowest BCUT2D eigenvalue weighted by Crippen LogP contribution is -2.34. The number of carbonyl (C=O) groups excluding carboxylic acids is 1. The zero-order chi connectivity index (χ0) is 15.7. The van der Waals surface area contributed by atoms with E-state index in [1.807, 2.05) is 23.1 Å². The van der Waals surface area contributed by atoms with Crippen LogP contribution in [0, 0.1) is 0 Å². The number of fused-ring (bicyclic) bond motifs is 7. The average molecular weight is 300 g/mol. The molecule has 3 heterocycles. The molecule has 1 aromatic heterocycles. The van der Waals surface area contributed by atoms with E-state index in [2.05, 4.69) is 48.5 Å². The molecule has 0 fully saturated rings. The first-order valence-corrected chi connectivity index (χ1v) is 7.84. The number of carbonyl (C=O) groups is 1. The molecule has 3 nitrogen and oxygen atoms in total. The Kier molecular flexibility index (Phi) is 2.28. The van der Waals surface area contributed by atoms with Crippen molar-refractivity contribution in [1.82, 2.24) is 9.47 Å². The van der Waals surface area contributed by atoms with E-state index >= 15 is 0 Å². The molecule has 112 valence electrons. The van der Waals surface area contributed by atoms with E-state index in [1.54, 1.807) is 0 Å². The van der Waals surface area contributed by atoms with E-state index in [0.29, 0.717) is 6.54 Å². The Hall–Kier alpha value is -2.81. The number of hydrogen-bond donors (Lipinski definition) is 0. The van der Waals surface area contributed by atoms with Gasteiger partial charge in [-0.3, -0.25) is 4.79 Å². The number of aryl methyl sites for hydroxylation is 1. The van der Waals surface area contributed by atoms with Crippen molar-refractivity contribution in [3.63, 3.8) is 0 Å². The minimum Gasteiger partial charge on any atom is -0.344 e. The van der Waals surface area contributed by atoms with Gasteiger partial charge in [-0.05, 0) is 23.3 Å². The maximum Gasteiger partial charge on any atom is 0.255 e. The second kappa shape index (κ2) is 4.13. The third-order valence-corrected chi connectivity index (χ3v) is 5.17. The molecule has 2 aliphatic rings. The zero-order valence-electron chi connectivity index (χ0n) is 12.9. The Morgan fingerprint density at radius 2 is 1.83 bits per heavy atom. The summed E-state index contributed by atoms with van der Waals surface area (Å²) in [6.07, 6.45) is 0. The second-order valence-electron chi connectivity index (χ2n) is 6.36. The van der Waals surface area contributed by atoms with Crippen LogP contribution in [-0.4, -0.2) is 21.9 Å². The Morgan fingerprint density at radius 3 is 2.70 bits per heavy atom. The van der Waals surface area contributed by atoms with Gasteiger partial charge in [0.2, 0.25) is 0 Å². The average Bonchev–Trinajstić information content (AvgIpc) is 3.03. The van der Waals surface area contributed by atoms with Crippen LogP contribution in [0.2, 0.25) is 0 Å². The summed E-state index contributed by atoms with van der Waals surface area (Å²) in [6.45, 7) is 4.85. The first-order valence-electron chi connectivity index (χ1n) is 7.84. The van der Waals surface area contributed by atoms with Gasteiger partial charge in [-0.25, -0.2) is 0 Å². The van der Waals surface area contributed by atoms with Crippen LogP contribution in [0.15, 0.2) is 55.1 Å². The number of nitrogens with zero attached hydrogens (tertiary/aromatic N) is 2. The topological polar surface area (TPSA) is 25.2 Å². The molecule has 1 atom stereocenters. The lowest BCUT2D eigenvalue weighted by molar-refractivity contribution is 0.0769. The van der Waals surface area contributed by atoms with Gasteiger partial charge in [-0.2, -0.15) is 0 Å². The van der Waals surface area contributed by atoms with E-state index in [-0.39, 0.29) is 11.9 Å². The molecule has 0 spiro atoms. The molecule has 0 radical (unpaired) electrons. The van der Waals surface area contributed by atoms with E-state index in [4.69, 9.17) is 0 Å². The fraction of sp³-hybridized carbons (Fsp3) is 0.150. The van der Waals surface area contributed by atoms with Crippen LogP contribution in [-0.2, 0) is 7.05 Å². The Bertz CT molecular complexity index is 1010. The summed E-state index contributed by atoms with van der Waals surface area (Å²) in [6, 6.07) is 16.4. The van der Waals surface area contributed by atoms with Crippen LogP contribution < -0.4 is 0 Å². The van der Waals surface area contributed by atoms with Crippen LogP contribution in [0.3, 0.4) is 0 Å². The summed E-state index contributed by atoms with van der Waals surface area (Å²) < 4.78 is 2.22. The van der Waals surface area contributed by atoms with Crippen molar-refractivity contribution in [1.29, 1.82) is 0 Å². The van der Waals surface area contributed by atoms with E-state index in [1.165, 1.54) is 22.2 Å². The fourth-order valence-electron chi connectivity index (χ4n) is 4.25. The summed E-state index contributed by atoms with van der Waals surface area (Å²) in [5.41, 5.74) is 6.54. The normalized spacial score (nSPS) is 19.0. The van der Waals surface area contributed by atoms with Gasteiger partial charge in [-0.1, -0.05) is 43.0 Å². The van der Waals surface area contributed by atoms with Crippen LogP contribution in [0.1, 0.15) is 33.2 Å². The van der Waals surface area contributed by atoms with Crippen LogP contribution >= 0.6 is 0 Å². The molecule has 23 heavy (non-hydrogen) atoms. The van der Waals surface area contributed by atoms with Gasteiger partial charge < -0.3 is 9.47 Å². The molecule has 5 rings (SSSR count). The quantitative estimate of drug-likeness (QED) is 0.621. The molecular weight excluding hydrogens is 284 g/mol. The SMILES string of the molecule is C=C1CN2C(=O)c3ccccc3C2c2c1n(C)c1ccccc21. The number of benzene rings is 2. The van der Waals surface area contributed by atoms with Crippen LogP contribution in [0.25, 0.3) is 16.5 Å². The molecule has 2 aromatic carbocycles. The number of para-hydroxylation sites is 1. The highest BCUT2D eigenvalue weighted by Crippen LogP contribution is 2.48. The second-order valence-corrected chi connectivity index (χ2v) is 6.36. The summed E-state index contributed by atoms with van der Waals surface area (Å²) in [7, 11) is 2.09. The Morgan fingerprint density at radius 1 is 1.09 bits per heavy atom. The van der Waals surface area contributed by atoms with Crippen molar-refractivity contribution in [2.75, 3.05) is 6.54 Å². The van der Waals surface area contributed by atoms with Crippen molar-refractivity contribution in [2.24, 2.45) is 7.05 Å². The molecule has 2 aliphatic heterocycles. The standard InChI is InChI=1S/C20H16N2O/c1-12-11-22-19(13-7-3-4-8-14(13)20(22)23)17-15-9-5-6-10-16(15)21(2)18(12)17/h3-10,19H,1,11H2,2H3. The third kappa shape index (κ3) is 1.42. The highest BCUT2D eigenvalue weighted by Gasteiger charge is 2.43.